The Kier molecular flexibility index (Phi) is 9.26. The molecule has 1 unspecified atom stereocenters. The largest absolute Gasteiger partial charge is 0.497 e. The topological polar surface area (TPSA) is 69.0 Å². The van der Waals surface area contributed by atoms with E-state index in [4.69, 9.17) is 9.47 Å². The summed E-state index contributed by atoms with van der Waals surface area (Å²) in [6, 6.07) is 19.2. The van der Waals surface area contributed by atoms with Gasteiger partial charge in [0.15, 0.2) is 0 Å². The molecule has 1 N–H and O–H groups in total. The van der Waals surface area contributed by atoms with E-state index in [0.717, 1.165) is 43.5 Å². The standard InChI is InChI=1S/C31H36N2O4S.ClH/c1-22(2)29-21-33-17-5-4-7-30(33)31(29)38(34,35)28-14-12-26(13-15-28)37-18-6-16-32-25-10-8-23-9-11-27(36-3)20-24(23)19-25;/h4-5,7,9,11-15,17,20-22,25,32H,6,8,10,16,18-19H2,1-3H3;1H. The average molecular weight is 569 g/mol. The second kappa shape index (κ2) is 12.5. The average Bonchev–Trinajstić information content (AvgIpc) is 3.34. The van der Waals surface area contributed by atoms with Crippen LogP contribution in [0, 0.1) is 0 Å². The number of nitrogens with one attached hydrogen (secondary N) is 1. The SMILES string of the molecule is COc1ccc2c(c1)CC(NCCCOc1ccc(S(=O)(=O)c3c(C(C)C)cn4ccccc34)cc1)CC2.Cl. The maximum absolute atomic E-state index is 13.6. The number of sulfone groups is 1. The minimum absolute atomic E-state index is 0. The smallest absolute Gasteiger partial charge is 0.209 e. The highest BCUT2D eigenvalue weighted by atomic mass is 35.5. The molecule has 0 saturated carbocycles. The molecule has 0 amide bonds. The number of ether oxygens (including phenoxy) is 2. The molecule has 6 nitrogen and oxygen atoms in total. The Morgan fingerprint density at radius 2 is 1.79 bits per heavy atom. The van der Waals surface area contributed by atoms with Crippen LogP contribution in [0.15, 0.2) is 82.8 Å². The van der Waals surface area contributed by atoms with Gasteiger partial charge in [-0.15, -0.1) is 12.4 Å². The number of fused-ring (bicyclic) bond motifs is 2. The van der Waals surface area contributed by atoms with E-state index < -0.39 is 9.84 Å². The summed E-state index contributed by atoms with van der Waals surface area (Å²) in [5.74, 6) is 1.68. The molecule has 2 aromatic heterocycles. The molecule has 2 heterocycles. The first-order valence-electron chi connectivity index (χ1n) is 13.3. The number of hydrogen-bond donors (Lipinski definition) is 1. The lowest BCUT2D eigenvalue weighted by molar-refractivity contribution is 0.302. The van der Waals surface area contributed by atoms with Crippen molar-refractivity contribution in [2.24, 2.45) is 0 Å². The summed E-state index contributed by atoms with van der Waals surface area (Å²) >= 11 is 0. The number of pyridine rings is 1. The van der Waals surface area contributed by atoms with Gasteiger partial charge in [-0.25, -0.2) is 8.42 Å². The van der Waals surface area contributed by atoms with Crippen LogP contribution in [0.2, 0.25) is 0 Å². The van der Waals surface area contributed by atoms with Gasteiger partial charge in [0, 0.05) is 18.4 Å². The van der Waals surface area contributed by atoms with Gasteiger partial charge in [-0.3, -0.25) is 0 Å². The van der Waals surface area contributed by atoms with Crippen LogP contribution in [-0.2, 0) is 22.7 Å². The second-order valence-corrected chi connectivity index (χ2v) is 12.2. The Balaban J connectivity index is 0.00000353. The molecule has 0 aliphatic heterocycles. The van der Waals surface area contributed by atoms with E-state index in [9.17, 15) is 8.42 Å². The van der Waals surface area contributed by atoms with Crippen molar-refractivity contribution in [2.45, 2.75) is 61.3 Å². The van der Waals surface area contributed by atoms with E-state index in [1.54, 1.807) is 31.4 Å². The number of aromatic nitrogens is 1. The molecule has 0 spiro atoms. The van der Waals surface area contributed by atoms with E-state index in [1.165, 1.54) is 11.1 Å². The summed E-state index contributed by atoms with van der Waals surface area (Å²) in [6.07, 6.45) is 7.90. The number of benzene rings is 2. The van der Waals surface area contributed by atoms with Crippen LogP contribution in [0.1, 0.15) is 49.3 Å². The van der Waals surface area contributed by atoms with E-state index in [1.807, 2.05) is 54.9 Å². The maximum Gasteiger partial charge on any atom is 0.209 e. The maximum atomic E-state index is 13.6. The molecule has 208 valence electrons. The van der Waals surface area contributed by atoms with Gasteiger partial charge < -0.3 is 19.2 Å². The molecule has 1 aliphatic rings. The summed E-state index contributed by atoms with van der Waals surface area (Å²) in [5.41, 5.74) is 4.31. The fraction of sp³-hybridized carbons (Fsp3) is 0.355. The van der Waals surface area contributed by atoms with Crippen molar-refractivity contribution in [1.29, 1.82) is 0 Å². The Labute approximate surface area is 237 Å². The van der Waals surface area contributed by atoms with E-state index in [2.05, 4.69) is 17.4 Å². The van der Waals surface area contributed by atoms with Gasteiger partial charge in [0.25, 0.3) is 0 Å². The summed E-state index contributed by atoms with van der Waals surface area (Å²) in [7, 11) is -1.97. The van der Waals surface area contributed by atoms with Gasteiger partial charge in [0.1, 0.15) is 16.4 Å². The first kappa shape index (κ1) is 29.0. The van der Waals surface area contributed by atoms with E-state index >= 15 is 0 Å². The molecule has 4 aromatic rings. The predicted molar refractivity (Wildman–Crippen MR) is 158 cm³/mol. The zero-order valence-corrected chi connectivity index (χ0v) is 24.4. The van der Waals surface area contributed by atoms with Gasteiger partial charge in [-0.05, 0) is 103 Å². The molecular weight excluding hydrogens is 532 g/mol. The van der Waals surface area contributed by atoms with Crippen LogP contribution in [0.25, 0.3) is 5.52 Å². The van der Waals surface area contributed by atoms with Crippen molar-refractivity contribution in [2.75, 3.05) is 20.3 Å². The third-order valence-electron chi connectivity index (χ3n) is 7.35. The molecular formula is C31H37ClN2O4S. The minimum atomic E-state index is -3.68. The Morgan fingerprint density at radius 1 is 1.03 bits per heavy atom. The zero-order valence-electron chi connectivity index (χ0n) is 22.7. The van der Waals surface area contributed by atoms with Gasteiger partial charge in [0.2, 0.25) is 9.84 Å². The van der Waals surface area contributed by atoms with Crippen molar-refractivity contribution in [3.63, 3.8) is 0 Å². The molecule has 8 heteroatoms. The van der Waals surface area contributed by atoms with E-state index in [0.29, 0.717) is 28.8 Å². The molecule has 0 saturated heterocycles. The molecule has 0 bridgehead atoms. The van der Waals surface area contributed by atoms with Crippen molar-refractivity contribution in [3.05, 3.63) is 89.7 Å². The van der Waals surface area contributed by atoms with Crippen LogP contribution in [0.5, 0.6) is 11.5 Å². The molecule has 2 aromatic carbocycles. The third-order valence-corrected chi connectivity index (χ3v) is 9.23. The lowest BCUT2D eigenvalue weighted by Gasteiger charge is -2.26. The van der Waals surface area contributed by atoms with Gasteiger partial charge in [0.05, 0.1) is 24.1 Å². The number of aryl methyl sites for hydroxylation is 1. The number of nitrogens with zero attached hydrogens (tertiary/aromatic N) is 1. The van der Waals surface area contributed by atoms with Gasteiger partial charge in [-0.1, -0.05) is 26.0 Å². The molecule has 0 fully saturated rings. The highest BCUT2D eigenvalue weighted by molar-refractivity contribution is 7.91. The summed E-state index contributed by atoms with van der Waals surface area (Å²) < 4.78 is 40.5. The van der Waals surface area contributed by atoms with E-state index in [-0.39, 0.29) is 23.2 Å². The third kappa shape index (κ3) is 6.26. The van der Waals surface area contributed by atoms with Crippen LogP contribution in [-0.4, -0.2) is 39.1 Å². The Hall–Kier alpha value is -3.00. The van der Waals surface area contributed by atoms with Crippen molar-refractivity contribution in [3.8, 4) is 11.5 Å². The lowest BCUT2D eigenvalue weighted by Crippen LogP contribution is -2.35. The fourth-order valence-electron chi connectivity index (χ4n) is 5.26. The normalized spacial score (nSPS) is 15.1. The molecule has 0 radical (unpaired) electrons. The first-order valence-corrected chi connectivity index (χ1v) is 14.8. The number of rotatable bonds is 10. The highest BCUT2D eigenvalue weighted by Crippen LogP contribution is 2.34. The molecule has 1 atom stereocenters. The number of methoxy groups -OCH3 is 1. The summed E-state index contributed by atoms with van der Waals surface area (Å²) in [6.45, 7) is 5.47. The number of halogens is 1. The second-order valence-electron chi connectivity index (χ2n) is 10.3. The van der Waals surface area contributed by atoms with Crippen molar-refractivity contribution >= 4 is 27.8 Å². The highest BCUT2D eigenvalue weighted by Gasteiger charge is 2.27. The Bertz CT molecular complexity index is 1510. The Morgan fingerprint density at radius 3 is 2.54 bits per heavy atom. The minimum Gasteiger partial charge on any atom is -0.497 e. The predicted octanol–water partition coefficient (Wildman–Crippen LogP) is 6.24. The van der Waals surface area contributed by atoms with Crippen LogP contribution in [0.3, 0.4) is 0 Å². The summed E-state index contributed by atoms with van der Waals surface area (Å²) in [5, 5.41) is 3.66. The van der Waals surface area contributed by atoms with Crippen molar-refractivity contribution in [1.82, 2.24) is 9.72 Å². The lowest BCUT2D eigenvalue weighted by atomic mass is 9.88. The quantitative estimate of drug-likeness (QED) is 0.229. The van der Waals surface area contributed by atoms with Crippen LogP contribution >= 0.6 is 12.4 Å². The fourth-order valence-corrected chi connectivity index (χ4v) is 7.03. The van der Waals surface area contributed by atoms with Gasteiger partial charge in [-0.2, -0.15) is 0 Å². The zero-order chi connectivity index (χ0) is 26.7. The van der Waals surface area contributed by atoms with Crippen LogP contribution in [0.4, 0.5) is 0 Å². The molecule has 1 aliphatic carbocycles. The summed E-state index contributed by atoms with van der Waals surface area (Å²) in [4.78, 5) is 0.663. The monoisotopic (exact) mass is 568 g/mol. The van der Waals surface area contributed by atoms with Crippen molar-refractivity contribution < 1.29 is 17.9 Å². The van der Waals surface area contributed by atoms with Gasteiger partial charge >= 0.3 is 0 Å². The molecule has 5 rings (SSSR count). The number of hydrogen-bond acceptors (Lipinski definition) is 5. The first-order chi connectivity index (χ1) is 18.4. The van der Waals surface area contributed by atoms with Crippen LogP contribution < -0.4 is 14.8 Å². The molecule has 39 heavy (non-hydrogen) atoms.